The van der Waals surface area contributed by atoms with Crippen molar-refractivity contribution in [1.82, 2.24) is 0 Å². The van der Waals surface area contributed by atoms with Gasteiger partial charge in [0.1, 0.15) is 0 Å². The molecule has 5 unspecified atom stereocenters. The summed E-state index contributed by atoms with van der Waals surface area (Å²) < 4.78 is 0. The van der Waals surface area contributed by atoms with Gasteiger partial charge in [-0.15, -0.1) is 0 Å². The fraction of sp³-hybridized carbons (Fsp3) is 0.900. The van der Waals surface area contributed by atoms with Crippen molar-refractivity contribution in [2.75, 3.05) is 0 Å². The third-order valence-corrected chi connectivity index (χ3v) is 12.6. The van der Waals surface area contributed by atoms with Crippen LogP contribution in [0, 0.1) is 85.9 Å². The molecule has 0 heterocycles. The molecule has 6 radical (unpaired) electrons. The van der Waals surface area contributed by atoms with Gasteiger partial charge in [0.15, 0.2) is 0 Å². The number of unbranched alkanes of at least 4 members (excludes halogenated alkanes) is 19. The molecule has 0 N–H and O–H groups in total. The van der Waals surface area contributed by atoms with Gasteiger partial charge in [-0.25, -0.2) is 19.3 Å². The van der Waals surface area contributed by atoms with E-state index in [2.05, 4.69) is 135 Å². The summed E-state index contributed by atoms with van der Waals surface area (Å²) in [6.07, 6.45) is 59.5. The maximum Gasteiger partial charge on any atom is 0 e. The van der Waals surface area contributed by atoms with Crippen LogP contribution in [0.4, 0.5) is 0 Å². The van der Waals surface area contributed by atoms with E-state index in [-0.39, 0.29) is 196 Å². The first-order valence-corrected chi connectivity index (χ1v) is 27.8. The van der Waals surface area contributed by atoms with Gasteiger partial charge in [-0.2, -0.15) is 55.3 Å². The van der Waals surface area contributed by atoms with Gasteiger partial charge >= 0.3 is 0 Å². The maximum atomic E-state index is 2.57. The summed E-state index contributed by atoms with van der Waals surface area (Å²) >= 11 is 0. The maximum absolute atomic E-state index is 2.57. The quantitative estimate of drug-likeness (QED) is 0.0422. The molecule has 0 aliphatic heterocycles. The number of rotatable bonds is 43. The fourth-order valence-electron chi connectivity index (χ4n) is 8.09. The fourth-order valence-corrected chi connectivity index (χ4v) is 8.09. The van der Waals surface area contributed by atoms with E-state index in [1.165, 1.54) is 205 Å². The molecular formula is C60H120Y6-6. The van der Waals surface area contributed by atoms with Crippen LogP contribution in [-0.2, 0) is 196 Å². The Labute approximate surface area is 575 Å². The van der Waals surface area contributed by atoms with E-state index in [4.69, 9.17) is 0 Å². The van der Waals surface area contributed by atoms with Crippen molar-refractivity contribution in [1.29, 1.82) is 0 Å². The predicted octanol–water partition coefficient (Wildman–Crippen LogP) is 21.9. The van der Waals surface area contributed by atoms with Crippen molar-refractivity contribution < 1.29 is 196 Å². The second-order valence-electron chi connectivity index (χ2n) is 21.3. The zero-order valence-electron chi connectivity index (χ0n) is 48.2. The van der Waals surface area contributed by atoms with Gasteiger partial charge in [-0.1, -0.05) is 257 Å². The van der Waals surface area contributed by atoms with Crippen LogP contribution in [0.25, 0.3) is 0 Å². The molecule has 0 amide bonds. The molecule has 0 bridgehead atoms. The first kappa shape index (κ1) is 92.0. The van der Waals surface area contributed by atoms with E-state index in [0.29, 0.717) is 0 Å². The molecule has 0 aliphatic rings. The van der Waals surface area contributed by atoms with Crippen LogP contribution in [0.1, 0.15) is 302 Å². The molecule has 0 saturated heterocycles. The van der Waals surface area contributed by atoms with Crippen molar-refractivity contribution >= 4 is 0 Å². The second-order valence-corrected chi connectivity index (χ2v) is 21.3. The van der Waals surface area contributed by atoms with E-state index in [1.807, 2.05) is 0 Å². The summed E-state index contributed by atoms with van der Waals surface area (Å²) in [5.74, 6) is 6.59. The average molecular weight is 1380 g/mol. The molecular weight excluding hydrogens is 1250 g/mol. The zero-order chi connectivity index (χ0) is 45.5. The van der Waals surface area contributed by atoms with Gasteiger partial charge in [-0.05, 0) is 17.8 Å². The topological polar surface area (TPSA) is 0 Å². The van der Waals surface area contributed by atoms with Gasteiger partial charge in [-0.3, -0.25) is 0 Å². The molecule has 0 rings (SSSR count). The van der Waals surface area contributed by atoms with Crippen LogP contribution in [0.2, 0.25) is 0 Å². The van der Waals surface area contributed by atoms with Gasteiger partial charge in [0.05, 0.1) is 0 Å². The second kappa shape index (κ2) is 75.9. The largest absolute Gasteiger partial charge is 0.331 e. The van der Waals surface area contributed by atoms with Crippen LogP contribution in [-0.4, -0.2) is 0 Å². The summed E-state index contributed by atoms with van der Waals surface area (Å²) in [5.41, 5.74) is 0. The normalized spacial score (nSPS) is 12.9. The van der Waals surface area contributed by atoms with E-state index in [1.54, 1.807) is 0 Å². The van der Waals surface area contributed by atoms with Crippen molar-refractivity contribution in [3.05, 3.63) is 38.5 Å². The van der Waals surface area contributed by atoms with Crippen LogP contribution >= 0.6 is 0 Å². The molecule has 384 valence electrons. The molecule has 5 atom stereocenters. The molecule has 0 saturated carbocycles. The first-order valence-electron chi connectivity index (χ1n) is 27.8. The Hall–Kier alpha value is 6.62. The van der Waals surface area contributed by atoms with Gasteiger partial charge in [0.2, 0.25) is 0 Å². The molecule has 0 aliphatic carbocycles. The van der Waals surface area contributed by atoms with E-state index in [0.717, 1.165) is 47.3 Å². The summed E-state index contributed by atoms with van der Waals surface area (Å²) in [7, 11) is 0. The van der Waals surface area contributed by atoms with Gasteiger partial charge in [0, 0.05) is 196 Å². The Balaban J connectivity index is -0.000000101. The molecule has 0 fully saturated rings. The SMILES string of the molecule is CCCC(C)[CH-]CC(C)[CH-]CCCCCCCC(C)C.CCCCCCC(C)[CH-]CCCCCCCC(C)C.CC[CH-]CC(C)[CH-]CC(C)[CH-]CCCCCCCC(C)C.[Y].[Y].[Y].[Y].[Y].[Y]. The van der Waals surface area contributed by atoms with Crippen LogP contribution < -0.4 is 0 Å². The zero-order valence-corrected chi connectivity index (χ0v) is 65.2. The van der Waals surface area contributed by atoms with Crippen LogP contribution in [0.15, 0.2) is 0 Å². The summed E-state index contributed by atoms with van der Waals surface area (Å²) in [5, 5.41) is 0. The van der Waals surface area contributed by atoms with E-state index < -0.39 is 0 Å². The molecule has 6 heteroatoms. The number of hydrogen-bond donors (Lipinski definition) is 0. The molecule has 0 spiro atoms. The molecule has 0 aromatic heterocycles. The minimum absolute atomic E-state index is 0. The van der Waals surface area contributed by atoms with Crippen molar-refractivity contribution in [3.63, 3.8) is 0 Å². The first-order chi connectivity index (χ1) is 28.8. The Morgan fingerprint density at radius 2 is 0.545 bits per heavy atom. The van der Waals surface area contributed by atoms with Crippen molar-refractivity contribution in [2.45, 2.75) is 302 Å². The Kier molecular flexibility index (Phi) is 106. The molecule has 66 heavy (non-hydrogen) atoms. The van der Waals surface area contributed by atoms with Crippen molar-refractivity contribution in [2.24, 2.45) is 47.3 Å². The smallest absolute Gasteiger partial charge is 0 e. The summed E-state index contributed by atoms with van der Waals surface area (Å²) in [4.78, 5) is 0. The predicted molar refractivity (Wildman–Crippen MR) is 281 cm³/mol. The third-order valence-electron chi connectivity index (χ3n) is 12.6. The van der Waals surface area contributed by atoms with Crippen LogP contribution in [0.5, 0.6) is 0 Å². The summed E-state index contributed by atoms with van der Waals surface area (Å²) in [6.45, 7) is 32.6. The molecule has 0 nitrogen and oxygen atoms in total. The average Bonchev–Trinajstić information content (AvgIpc) is 3.20. The Morgan fingerprint density at radius 3 is 0.894 bits per heavy atom. The van der Waals surface area contributed by atoms with Crippen molar-refractivity contribution in [3.8, 4) is 0 Å². The summed E-state index contributed by atoms with van der Waals surface area (Å²) in [6, 6.07) is 0. The minimum Gasteiger partial charge on any atom is -0.331 e. The molecule has 0 aromatic carbocycles. The standard InChI is InChI=1S/C21H41.C20H40.C19H39.6Y/c1-6-7-15-20(4)17-18-21(5)16-13-11-9-8-10-12-14-19(2)3;1-6-13-19(4)16-17-20(5)15-12-10-8-7-9-11-14-18(2)3;1-5-6-7-13-16-19(4)17-14-11-9-8-10-12-15-18(2)3;;;;;;/h7,16-17,19-21H,6,8-15,18H2,1-5H3;15-16,18-20H,6-14,17H2,1-5H3;17-19H,5-16H2,1-4H3;;;;;;/q-3;-2;-1;;;;;;. The Bertz CT molecular complexity index is 761. The van der Waals surface area contributed by atoms with Crippen LogP contribution in [0.3, 0.4) is 0 Å². The number of hydrogen-bond acceptors (Lipinski definition) is 0. The van der Waals surface area contributed by atoms with E-state index in [9.17, 15) is 0 Å². The molecule has 0 aromatic rings. The van der Waals surface area contributed by atoms with Gasteiger partial charge in [0.25, 0.3) is 0 Å². The minimum atomic E-state index is 0. The monoisotopic (exact) mass is 1370 g/mol. The van der Waals surface area contributed by atoms with E-state index >= 15 is 0 Å². The third kappa shape index (κ3) is 87.3. The Morgan fingerprint density at radius 1 is 0.258 bits per heavy atom. The van der Waals surface area contributed by atoms with Gasteiger partial charge < -0.3 is 38.5 Å².